The molecule has 0 saturated heterocycles. The van der Waals surface area contributed by atoms with Crippen LogP contribution < -0.4 is 0 Å². The van der Waals surface area contributed by atoms with Crippen molar-refractivity contribution in [2.24, 2.45) is 0 Å². The Balaban J connectivity index is 1.91. The second kappa shape index (κ2) is 9.57. The maximum Gasteiger partial charge on any atom is 0.224 e. The van der Waals surface area contributed by atoms with E-state index in [9.17, 15) is 9.59 Å². The zero-order valence-corrected chi connectivity index (χ0v) is 14.9. The summed E-state index contributed by atoms with van der Waals surface area (Å²) in [5.74, 6) is 0.0200. The summed E-state index contributed by atoms with van der Waals surface area (Å²) in [7, 11) is 0. The molecule has 0 aliphatic rings. The highest BCUT2D eigenvalue weighted by molar-refractivity contribution is 5.78. The van der Waals surface area contributed by atoms with E-state index < -0.39 is 0 Å². The molecule has 0 saturated carbocycles. The first kappa shape index (κ1) is 18.6. The zero-order valence-electron chi connectivity index (χ0n) is 14.9. The number of aromatic nitrogens is 1. The first-order chi connectivity index (χ1) is 12.1. The third-order valence-electron chi connectivity index (χ3n) is 4.09. The van der Waals surface area contributed by atoms with Gasteiger partial charge in [-0.2, -0.15) is 0 Å². The lowest BCUT2D eigenvalue weighted by atomic mass is 10.2. The second-order valence-electron chi connectivity index (χ2n) is 5.95. The van der Waals surface area contributed by atoms with Crippen molar-refractivity contribution in [3.05, 3.63) is 66.0 Å². The summed E-state index contributed by atoms with van der Waals surface area (Å²) < 4.78 is 0. The number of hydrogen-bond acceptors (Lipinski definition) is 3. The molecule has 0 unspecified atom stereocenters. The van der Waals surface area contributed by atoms with Crippen molar-refractivity contribution >= 4 is 11.8 Å². The van der Waals surface area contributed by atoms with E-state index in [4.69, 9.17) is 0 Å². The number of rotatable bonds is 8. The van der Waals surface area contributed by atoms with E-state index in [1.807, 2.05) is 54.3 Å². The number of amides is 2. The van der Waals surface area contributed by atoms with Gasteiger partial charge in [-0.15, -0.1) is 0 Å². The molecule has 0 radical (unpaired) electrons. The van der Waals surface area contributed by atoms with Crippen LogP contribution in [-0.2, 0) is 22.7 Å². The molecule has 0 spiro atoms. The predicted molar refractivity (Wildman–Crippen MR) is 97.5 cm³/mol. The molecule has 5 heteroatoms. The van der Waals surface area contributed by atoms with Gasteiger partial charge in [0.15, 0.2) is 0 Å². The third kappa shape index (κ3) is 6.03. The standard InChI is InChI=1S/C20H25N3O2/c1-3-22(15-18-8-5-4-6-9-18)20(25)11-13-23(17(2)24)16-19-10-7-12-21-14-19/h4-10,12,14H,3,11,13,15-16H2,1-2H3. The number of pyridine rings is 1. The van der Waals surface area contributed by atoms with Crippen LogP contribution in [0, 0.1) is 0 Å². The molecule has 1 aromatic carbocycles. The minimum atomic E-state index is -0.0391. The van der Waals surface area contributed by atoms with Crippen molar-refractivity contribution in [1.82, 2.24) is 14.8 Å². The van der Waals surface area contributed by atoms with Gasteiger partial charge in [0.2, 0.25) is 11.8 Å². The van der Waals surface area contributed by atoms with E-state index in [1.54, 1.807) is 17.3 Å². The van der Waals surface area contributed by atoms with Gasteiger partial charge >= 0.3 is 0 Å². The van der Waals surface area contributed by atoms with E-state index in [0.29, 0.717) is 32.6 Å². The van der Waals surface area contributed by atoms with Crippen LogP contribution in [0.3, 0.4) is 0 Å². The zero-order chi connectivity index (χ0) is 18.1. The van der Waals surface area contributed by atoms with Crippen LogP contribution in [0.5, 0.6) is 0 Å². The van der Waals surface area contributed by atoms with Crippen molar-refractivity contribution in [2.75, 3.05) is 13.1 Å². The van der Waals surface area contributed by atoms with Crippen molar-refractivity contribution in [1.29, 1.82) is 0 Å². The molecule has 0 atom stereocenters. The van der Waals surface area contributed by atoms with Gasteiger partial charge in [-0.05, 0) is 24.1 Å². The Kier molecular flexibility index (Phi) is 7.14. The maximum atomic E-state index is 12.5. The number of carbonyl (C=O) groups is 2. The number of benzene rings is 1. The molecule has 0 fully saturated rings. The van der Waals surface area contributed by atoms with Crippen molar-refractivity contribution < 1.29 is 9.59 Å². The average molecular weight is 339 g/mol. The molecule has 0 N–H and O–H groups in total. The lowest BCUT2D eigenvalue weighted by Gasteiger charge is -2.24. The average Bonchev–Trinajstić information content (AvgIpc) is 2.64. The minimum absolute atomic E-state index is 0.0391. The van der Waals surface area contributed by atoms with Crippen LogP contribution in [0.4, 0.5) is 0 Å². The maximum absolute atomic E-state index is 12.5. The number of nitrogens with zero attached hydrogens (tertiary/aromatic N) is 3. The lowest BCUT2D eigenvalue weighted by molar-refractivity contribution is -0.134. The third-order valence-corrected chi connectivity index (χ3v) is 4.09. The second-order valence-corrected chi connectivity index (χ2v) is 5.95. The normalized spacial score (nSPS) is 10.3. The predicted octanol–water partition coefficient (Wildman–Crippen LogP) is 2.87. The molecular weight excluding hydrogens is 314 g/mol. The highest BCUT2D eigenvalue weighted by Gasteiger charge is 2.16. The molecule has 132 valence electrons. The first-order valence-electron chi connectivity index (χ1n) is 8.56. The molecule has 1 aromatic heterocycles. The smallest absolute Gasteiger partial charge is 0.224 e. The van der Waals surface area contributed by atoms with E-state index in [0.717, 1.165) is 11.1 Å². The van der Waals surface area contributed by atoms with Crippen molar-refractivity contribution in [3.63, 3.8) is 0 Å². The largest absolute Gasteiger partial charge is 0.339 e. The summed E-state index contributed by atoms with van der Waals surface area (Å²) >= 11 is 0. The highest BCUT2D eigenvalue weighted by Crippen LogP contribution is 2.08. The van der Waals surface area contributed by atoms with Gasteiger partial charge < -0.3 is 9.80 Å². The van der Waals surface area contributed by atoms with E-state index in [1.165, 1.54) is 6.92 Å². The van der Waals surface area contributed by atoms with Gasteiger partial charge in [0.25, 0.3) is 0 Å². The van der Waals surface area contributed by atoms with Crippen LogP contribution in [0.2, 0.25) is 0 Å². The summed E-state index contributed by atoms with van der Waals surface area (Å²) in [6, 6.07) is 13.7. The van der Waals surface area contributed by atoms with Gasteiger partial charge in [0, 0.05) is 51.9 Å². The molecule has 0 aliphatic carbocycles. The fourth-order valence-corrected chi connectivity index (χ4v) is 2.63. The quantitative estimate of drug-likeness (QED) is 0.743. The van der Waals surface area contributed by atoms with Crippen LogP contribution in [0.1, 0.15) is 31.4 Å². The van der Waals surface area contributed by atoms with Crippen LogP contribution >= 0.6 is 0 Å². The summed E-state index contributed by atoms with van der Waals surface area (Å²) in [4.78, 5) is 32.0. The molecule has 2 amide bonds. The molecule has 0 bridgehead atoms. The molecule has 5 nitrogen and oxygen atoms in total. The van der Waals surface area contributed by atoms with Crippen molar-refractivity contribution in [3.8, 4) is 0 Å². The summed E-state index contributed by atoms with van der Waals surface area (Å²) in [5, 5.41) is 0. The Morgan fingerprint density at radius 3 is 2.24 bits per heavy atom. The molecular formula is C20H25N3O2. The fourth-order valence-electron chi connectivity index (χ4n) is 2.63. The van der Waals surface area contributed by atoms with Gasteiger partial charge in [0.1, 0.15) is 0 Å². The number of hydrogen-bond donors (Lipinski definition) is 0. The van der Waals surface area contributed by atoms with E-state index in [2.05, 4.69) is 4.98 Å². The van der Waals surface area contributed by atoms with Crippen LogP contribution in [0.15, 0.2) is 54.9 Å². The van der Waals surface area contributed by atoms with Crippen LogP contribution in [-0.4, -0.2) is 39.7 Å². The highest BCUT2D eigenvalue weighted by atomic mass is 16.2. The van der Waals surface area contributed by atoms with Gasteiger partial charge in [-0.3, -0.25) is 14.6 Å². The molecule has 0 aliphatic heterocycles. The monoisotopic (exact) mass is 339 g/mol. The topological polar surface area (TPSA) is 53.5 Å². The van der Waals surface area contributed by atoms with Gasteiger partial charge in [-0.25, -0.2) is 0 Å². The summed E-state index contributed by atoms with van der Waals surface area (Å²) in [5.41, 5.74) is 2.07. The lowest BCUT2D eigenvalue weighted by Crippen LogP contribution is -2.35. The molecule has 2 rings (SSSR count). The van der Waals surface area contributed by atoms with Crippen molar-refractivity contribution in [2.45, 2.75) is 33.4 Å². The van der Waals surface area contributed by atoms with Crippen LogP contribution in [0.25, 0.3) is 0 Å². The molecule has 1 heterocycles. The Morgan fingerprint density at radius 2 is 1.64 bits per heavy atom. The Morgan fingerprint density at radius 1 is 0.960 bits per heavy atom. The summed E-state index contributed by atoms with van der Waals surface area (Å²) in [6.07, 6.45) is 3.76. The Bertz CT molecular complexity index is 674. The minimum Gasteiger partial charge on any atom is -0.339 e. The summed E-state index contributed by atoms with van der Waals surface area (Å²) in [6.45, 7) is 5.63. The van der Waals surface area contributed by atoms with E-state index in [-0.39, 0.29) is 11.8 Å². The van der Waals surface area contributed by atoms with Gasteiger partial charge in [0.05, 0.1) is 0 Å². The molecule has 25 heavy (non-hydrogen) atoms. The van der Waals surface area contributed by atoms with Gasteiger partial charge in [-0.1, -0.05) is 36.4 Å². The van der Waals surface area contributed by atoms with E-state index >= 15 is 0 Å². The number of carbonyl (C=O) groups excluding carboxylic acids is 2. The fraction of sp³-hybridized carbons (Fsp3) is 0.350. The first-order valence-corrected chi connectivity index (χ1v) is 8.56. The SMILES string of the molecule is CCN(Cc1ccccc1)C(=O)CCN(Cc1cccnc1)C(C)=O. The Hall–Kier alpha value is -2.69. The molecule has 2 aromatic rings. The Labute approximate surface area is 149 Å².